The molecule has 0 bridgehead atoms. The maximum absolute atomic E-state index is 11.9. The number of carbonyl (C=O) groups is 1. The number of amides is 1. The van der Waals surface area contributed by atoms with Gasteiger partial charge in [-0.2, -0.15) is 0 Å². The highest BCUT2D eigenvalue weighted by Gasteiger charge is 2.18. The smallest absolute Gasteiger partial charge is 0.412 e. The summed E-state index contributed by atoms with van der Waals surface area (Å²) in [5.41, 5.74) is 0.557. The van der Waals surface area contributed by atoms with E-state index in [1.165, 1.54) is 6.26 Å². The highest BCUT2D eigenvalue weighted by molar-refractivity contribution is 5.81. The summed E-state index contributed by atoms with van der Waals surface area (Å²) in [4.78, 5) is 16.0. The fraction of sp³-hybridized carbons (Fsp3) is 0.500. The Kier molecular flexibility index (Phi) is 6.69. The van der Waals surface area contributed by atoms with Crippen LogP contribution >= 0.6 is 0 Å². The Labute approximate surface area is 131 Å². The van der Waals surface area contributed by atoms with Crippen LogP contribution in [-0.4, -0.2) is 30.4 Å². The first-order valence-corrected chi connectivity index (χ1v) is 7.17. The van der Waals surface area contributed by atoms with Gasteiger partial charge in [-0.15, -0.1) is 0 Å². The van der Waals surface area contributed by atoms with Gasteiger partial charge in [-0.1, -0.05) is 6.92 Å². The normalized spacial score (nSPS) is 11.8. The molecule has 0 aliphatic heterocycles. The molecule has 6 nitrogen and oxygen atoms in total. The van der Waals surface area contributed by atoms with Gasteiger partial charge in [-0.3, -0.25) is 10.3 Å². The van der Waals surface area contributed by atoms with E-state index in [0.717, 1.165) is 6.42 Å². The van der Waals surface area contributed by atoms with E-state index in [1.807, 2.05) is 6.92 Å². The molecule has 0 fully saturated rings. The van der Waals surface area contributed by atoms with Crippen molar-refractivity contribution in [2.75, 3.05) is 13.7 Å². The number of nitrogens with zero attached hydrogens (tertiary/aromatic N) is 1. The molecule has 0 unspecified atom stereocenters. The second kappa shape index (κ2) is 8.26. The Morgan fingerprint density at radius 3 is 2.68 bits per heavy atom. The topological polar surface area (TPSA) is 69.7 Å². The number of carbonyl (C=O) groups excluding carboxylic acids is 1. The molecule has 1 N–H and O–H groups in total. The zero-order valence-corrected chi connectivity index (χ0v) is 13.8. The number of hydrogen-bond donors (Lipinski definition) is 1. The third kappa shape index (κ3) is 6.47. The van der Waals surface area contributed by atoms with E-state index < -0.39 is 11.7 Å². The predicted molar refractivity (Wildman–Crippen MR) is 84.4 cm³/mol. The average Bonchev–Trinajstić information content (AvgIpc) is 2.44. The third-order valence-electron chi connectivity index (χ3n) is 2.42. The molecule has 1 aromatic rings. The van der Waals surface area contributed by atoms with Crippen molar-refractivity contribution < 1.29 is 19.0 Å². The highest BCUT2D eigenvalue weighted by Crippen LogP contribution is 2.18. The summed E-state index contributed by atoms with van der Waals surface area (Å²) in [7, 11) is 1.55. The number of ether oxygens (including phenoxy) is 3. The van der Waals surface area contributed by atoms with Crippen molar-refractivity contribution >= 4 is 11.8 Å². The molecule has 0 radical (unpaired) electrons. The first kappa shape index (κ1) is 17.8. The van der Waals surface area contributed by atoms with Crippen molar-refractivity contribution in [2.45, 2.75) is 39.7 Å². The summed E-state index contributed by atoms with van der Waals surface area (Å²) in [6, 6.07) is 1.76. The minimum atomic E-state index is -0.577. The highest BCUT2D eigenvalue weighted by atomic mass is 16.6. The summed E-state index contributed by atoms with van der Waals surface area (Å²) in [6.45, 7) is 7.96. The lowest BCUT2D eigenvalue weighted by molar-refractivity contribution is 0.0556. The molecule has 0 aliphatic rings. The van der Waals surface area contributed by atoms with Gasteiger partial charge in [0, 0.05) is 11.8 Å². The Balaban J connectivity index is 2.92. The molecule has 22 heavy (non-hydrogen) atoms. The lowest BCUT2D eigenvalue weighted by atomic mass is 10.2. The van der Waals surface area contributed by atoms with Crippen LogP contribution in [0.5, 0.6) is 5.75 Å². The van der Waals surface area contributed by atoms with Crippen molar-refractivity contribution in [3.05, 3.63) is 30.3 Å². The number of pyridine rings is 1. The third-order valence-corrected chi connectivity index (χ3v) is 2.42. The molecule has 6 heteroatoms. The number of nitrogens with one attached hydrogen (secondary N) is 1. The minimum Gasteiger partial charge on any atom is -0.499 e. The fourth-order valence-corrected chi connectivity index (χ4v) is 1.52. The van der Waals surface area contributed by atoms with Gasteiger partial charge >= 0.3 is 6.09 Å². The number of alkyl carbamates (subject to hydrolysis) is 1. The van der Waals surface area contributed by atoms with E-state index in [2.05, 4.69) is 10.3 Å². The van der Waals surface area contributed by atoms with Gasteiger partial charge in [-0.05, 0) is 33.3 Å². The maximum atomic E-state index is 11.9. The van der Waals surface area contributed by atoms with Gasteiger partial charge in [0.25, 0.3) is 0 Å². The maximum Gasteiger partial charge on any atom is 0.412 e. The van der Waals surface area contributed by atoms with Crippen molar-refractivity contribution in [1.82, 2.24) is 10.3 Å². The summed E-state index contributed by atoms with van der Waals surface area (Å²) in [5, 5.41) is 2.68. The van der Waals surface area contributed by atoms with Crippen molar-refractivity contribution in [1.29, 1.82) is 0 Å². The SMILES string of the molecule is CCCO/C=C(\NC(=O)OC(C)(C)C)c1cncc(OC)c1. The van der Waals surface area contributed by atoms with E-state index in [1.54, 1.807) is 46.3 Å². The van der Waals surface area contributed by atoms with Crippen LogP contribution in [0.2, 0.25) is 0 Å². The molecule has 122 valence electrons. The molecule has 1 heterocycles. The minimum absolute atomic E-state index is 0.467. The van der Waals surface area contributed by atoms with Crippen molar-refractivity contribution in [2.24, 2.45) is 0 Å². The fourth-order valence-electron chi connectivity index (χ4n) is 1.52. The summed E-state index contributed by atoms with van der Waals surface area (Å²) < 4.78 is 15.8. The Morgan fingerprint density at radius 2 is 2.09 bits per heavy atom. The molecule has 1 rings (SSSR count). The van der Waals surface area contributed by atoms with E-state index >= 15 is 0 Å². The van der Waals surface area contributed by atoms with Gasteiger partial charge in [0.05, 0.1) is 25.6 Å². The number of methoxy groups -OCH3 is 1. The van der Waals surface area contributed by atoms with Crippen LogP contribution in [0, 0.1) is 0 Å². The Morgan fingerprint density at radius 1 is 1.36 bits per heavy atom. The van der Waals surface area contributed by atoms with Crippen molar-refractivity contribution in [3.8, 4) is 5.75 Å². The van der Waals surface area contributed by atoms with Crippen LogP contribution in [0.15, 0.2) is 24.7 Å². The average molecular weight is 308 g/mol. The van der Waals surface area contributed by atoms with Crippen molar-refractivity contribution in [3.63, 3.8) is 0 Å². The Bertz CT molecular complexity index is 521. The summed E-state index contributed by atoms with van der Waals surface area (Å²) >= 11 is 0. The monoisotopic (exact) mass is 308 g/mol. The summed E-state index contributed by atoms with van der Waals surface area (Å²) in [5.74, 6) is 0.588. The van der Waals surface area contributed by atoms with Gasteiger partial charge in [0.2, 0.25) is 0 Å². The molecule has 0 saturated carbocycles. The number of hydrogen-bond acceptors (Lipinski definition) is 5. The Hall–Kier alpha value is -2.24. The van der Waals surface area contributed by atoms with Gasteiger partial charge < -0.3 is 14.2 Å². The van der Waals surface area contributed by atoms with E-state index in [9.17, 15) is 4.79 Å². The van der Waals surface area contributed by atoms with Gasteiger partial charge in [-0.25, -0.2) is 4.79 Å². The zero-order valence-electron chi connectivity index (χ0n) is 13.8. The van der Waals surface area contributed by atoms with Gasteiger partial charge in [0.1, 0.15) is 17.6 Å². The molecule has 0 aromatic carbocycles. The summed E-state index contributed by atoms with van der Waals surface area (Å²) in [6.07, 6.45) is 5.00. The van der Waals surface area contributed by atoms with Crippen LogP contribution in [-0.2, 0) is 9.47 Å². The molecule has 1 aromatic heterocycles. The van der Waals surface area contributed by atoms with E-state index in [-0.39, 0.29) is 0 Å². The molecule has 0 spiro atoms. The van der Waals surface area contributed by atoms with E-state index in [0.29, 0.717) is 23.6 Å². The predicted octanol–water partition coefficient (Wildman–Crippen LogP) is 3.34. The quantitative estimate of drug-likeness (QED) is 0.644. The van der Waals surface area contributed by atoms with Crippen LogP contribution in [0.25, 0.3) is 5.70 Å². The van der Waals surface area contributed by atoms with Gasteiger partial charge in [0.15, 0.2) is 0 Å². The molecular weight excluding hydrogens is 284 g/mol. The molecular formula is C16H24N2O4. The molecule has 1 amide bonds. The second-order valence-electron chi connectivity index (χ2n) is 5.64. The van der Waals surface area contributed by atoms with Crippen LogP contribution in [0.4, 0.5) is 4.79 Å². The molecule has 0 aliphatic carbocycles. The second-order valence-corrected chi connectivity index (χ2v) is 5.64. The van der Waals surface area contributed by atoms with Crippen LogP contribution < -0.4 is 10.1 Å². The first-order valence-electron chi connectivity index (χ1n) is 7.17. The van der Waals surface area contributed by atoms with E-state index in [4.69, 9.17) is 14.2 Å². The first-order chi connectivity index (χ1) is 10.4. The lowest BCUT2D eigenvalue weighted by Gasteiger charge is -2.20. The standard InChI is InChI=1S/C16H24N2O4/c1-6-7-21-11-14(18-15(19)22-16(2,3)4)12-8-13(20-5)10-17-9-12/h8-11H,6-7H2,1-5H3,(H,18,19)/b14-11-. The number of rotatable bonds is 6. The number of aromatic nitrogens is 1. The lowest BCUT2D eigenvalue weighted by Crippen LogP contribution is -2.31. The molecule has 0 saturated heterocycles. The zero-order chi connectivity index (χ0) is 16.6. The molecule has 0 atom stereocenters. The largest absolute Gasteiger partial charge is 0.499 e. The van der Waals surface area contributed by atoms with Crippen LogP contribution in [0.1, 0.15) is 39.7 Å². The van der Waals surface area contributed by atoms with Crippen LogP contribution in [0.3, 0.4) is 0 Å².